The molecule has 1 aromatic rings. The predicted molar refractivity (Wildman–Crippen MR) is 74.7 cm³/mol. The molecular formula is C15H22N2O. The molecule has 0 saturated carbocycles. The fourth-order valence-corrected chi connectivity index (χ4v) is 2.72. The molecule has 2 rings (SSSR count). The lowest BCUT2D eigenvalue weighted by atomic mass is 9.96. The molecule has 98 valence electrons. The molecule has 18 heavy (non-hydrogen) atoms. The third-order valence-corrected chi connectivity index (χ3v) is 3.74. The van der Waals surface area contributed by atoms with Gasteiger partial charge < -0.3 is 10.2 Å². The Morgan fingerprint density at radius 1 is 1.28 bits per heavy atom. The van der Waals surface area contributed by atoms with Crippen molar-refractivity contribution in [3.8, 4) is 0 Å². The largest absolute Gasteiger partial charge is 0.362 e. The molecule has 0 fully saturated rings. The summed E-state index contributed by atoms with van der Waals surface area (Å²) in [5, 5.41) is 3.54. The summed E-state index contributed by atoms with van der Waals surface area (Å²) in [5.41, 5.74) is 1.50. The van der Waals surface area contributed by atoms with Crippen LogP contribution in [-0.2, 0) is 0 Å². The highest BCUT2D eigenvalue weighted by Crippen LogP contribution is 2.33. The smallest absolute Gasteiger partial charge is 0.257 e. The second-order valence-electron chi connectivity index (χ2n) is 5.10. The van der Waals surface area contributed by atoms with Crippen LogP contribution in [0.2, 0.25) is 0 Å². The van der Waals surface area contributed by atoms with Crippen molar-refractivity contribution >= 4 is 11.6 Å². The van der Waals surface area contributed by atoms with Crippen LogP contribution in [-0.4, -0.2) is 23.0 Å². The van der Waals surface area contributed by atoms with Crippen LogP contribution in [0.1, 0.15) is 50.4 Å². The van der Waals surface area contributed by atoms with Crippen LogP contribution in [0.15, 0.2) is 24.3 Å². The van der Waals surface area contributed by atoms with Gasteiger partial charge in [0.05, 0.1) is 5.56 Å². The molecule has 0 bridgehead atoms. The summed E-state index contributed by atoms with van der Waals surface area (Å²) in [5.74, 6) is 0.144. The standard InChI is InChI=1S/C15H22N2O/c1-4-6-11-15(3)16-13-10-8-7-9-12(13)14(18)17(15)5-2/h7-10,16H,4-6,11H2,1-3H3. The molecule has 0 spiro atoms. The molecule has 1 aromatic carbocycles. The van der Waals surface area contributed by atoms with Gasteiger partial charge in [-0.15, -0.1) is 0 Å². The Hall–Kier alpha value is -1.51. The molecule has 0 aromatic heterocycles. The summed E-state index contributed by atoms with van der Waals surface area (Å²) in [7, 11) is 0. The zero-order valence-electron chi connectivity index (χ0n) is 11.5. The van der Waals surface area contributed by atoms with Gasteiger partial charge >= 0.3 is 0 Å². The molecule has 1 amide bonds. The van der Waals surface area contributed by atoms with E-state index in [4.69, 9.17) is 0 Å². The highest BCUT2D eigenvalue weighted by molar-refractivity contribution is 6.02. The lowest BCUT2D eigenvalue weighted by Gasteiger charge is -2.46. The minimum atomic E-state index is -0.254. The number of fused-ring (bicyclic) bond motifs is 1. The fourth-order valence-electron chi connectivity index (χ4n) is 2.72. The highest BCUT2D eigenvalue weighted by atomic mass is 16.2. The van der Waals surface area contributed by atoms with Crippen molar-refractivity contribution in [3.05, 3.63) is 29.8 Å². The first kappa shape index (κ1) is 12.9. The van der Waals surface area contributed by atoms with Crippen molar-refractivity contribution in [1.82, 2.24) is 4.90 Å². The summed E-state index contributed by atoms with van der Waals surface area (Å²) in [6.07, 6.45) is 3.25. The van der Waals surface area contributed by atoms with Crippen molar-refractivity contribution in [3.63, 3.8) is 0 Å². The van der Waals surface area contributed by atoms with Crippen LogP contribution >= 0.6 is 0 Å². The first-order valence-electron chi connectivity index (χ1n) is 6.81. The van der Waals surface area contributed by atoms with Crippen LogP contribution < -0.4 is 5.32 Å². The maximum atomic E-state index is 12.5. The Bertz CT molecular complexity index is 444. The monoisotopic (exact) mass is 246 g/mol. The molecule has 0 aliphatic carbocycles. The van der Waals surface area contributed by atoms with Gasteiger partial charge in [-0.2, -0.15) is 0 Å². The second kappa shape index (κ2) is 5.01. The van der Waals surface area contributed by atoms with E-state index in [9.17, 15) is 4.79 Å². The lowest BCUT2D eigenvalue weighted by Crippen LogP contribution is -2.57. The van der Waals surface area contributed by atoms with E-state index in [0.29, 0.717) is 0 Å². The summed E-state index contributed by atoms with van der Waals surface area (Å²) >= 11 is 0. The van der Waals surface area contributed by atoms with Crippen LogP contribution in [0.5, 0.6) is 0 Å². The number of para-hydroxylation sites is 1. The maximum Gasteiger partial charge on any atom is 0.257 e. The van der Waals surface area contributed by atoms with Gasteiger partial charge in [0.15, 0.2) is 0 Å². The van der Waals surface area contributed by atoms with Gasteiger partial charge in [-0.05, 0) is 38.8 Å². The first-order valence-corrected chi connectivity index (χ1v) is 6.81. The Labute approximate surface area is 109 Å². The number of hydrogen-bond acceptors (Lipinski definition) is 2. The number of unbranched alkanes of at least 4 members (excludes halogenated alkanes) is 1. The normalized spacial score (nSPS) is 22.6. The highest BCUT2D eigenvalue weighted by Gasteiger charge is 2.39. The third kappa shape index (κ3) is 2.09. The Morgan fingerprint density at radius 3 is 2.67 bits per heavy atom. The average Bonchev–Trinajstić information content (AvgIpc) is 2.37. The lowest BCUT2D eigenvalue weighted by molar-refractivity contribution is 0.0537. The van der Waals surface area contributed by atoms with Gasteiger partial charge in [0.1, 0.15) is 5.66 Å². The zero-order chi connectivity index (χ0) is 13.2. The molecule has 1 atom stereocenters. The number of carbonyl (C=O) groups is 1. The number of carbonyl (C=O) groups excluding carboxylic acids is 1. The maximum absolute atomic E-state index is 12.5. The van der Waals surface area contributed by atoms with Gasteiger partial charge in [-0.1, -0.05) is 25.5 Å². The number of amides is 1. The molecule has 3 heteroatoms. The van der Waals surface area contributed by atoms with E-state index >= 15 is 0 Å². The number of hydrogen-bond donors (Lipinski definition) is 1. The van der Waals surface area contributed by atoms with E-state index in [1.165, 1.54) is 0 Å². The quantitative estimate of drug-likeness (QED) is 0.882. The Morgan fingerprint density at radius 2 is 2.00 bits per heavy atom. The number of nitrogens with zero attached hydrogens (tertiary/aromatic N) is 1. The van der Waals surface area contributed by atoms with Gasteiger partial charge in [-0.25, -0.2) is 0 Å². The molecule has 3 nitrogen and oxygen atoms in total. The van der Waals surface area contributed by atoms with Gasteiger partial charge in [-0.3, -0.25) is 4.79 Å². The minimum Gasteiger partial charge on any atom is -0.362 e. The number of nitrogens with one attached hydrogen (secondary N) is 1. The molecule has 1 aliphatic rings. The molecule has 1 unspecified atom stereocenters. The van der Waals surface area contributed by atoms with E-state index < -0.39 is 0 Å². The number of benzene rings is 1. The second-order valence-corrected chi connectivity index (χ2v) is 5.10. The molecule has 1 N–H and O–H groups in total. The van der Waals surface area contributed by atoms with Crippen LogP contribution in [0, 0.1) is 0 Å². The number of rotatable bonds is 4. The van der Waals surface area contributed by atoms with Crippen molar-refractivity contribution in [1.29, 1.82) is 0 Å². The Balaban J connectivity index is 2.36. The van der Waals surface area contributed by atoms with E-state index in [2.05, 4.69) is 19.2 Å². The summed E-state index contributed by atoms with van der Waals surface area (Å²) in [6.45, 7) is 7.08. The van der Waals surface area contributed by atoms with Gasteiger partial charge in [0, 0.05) is 12.2 Å². The van der Waals surface area contributed by atoms with Crippen molar-refractivity contribution < 1.29 is 4.79 Å². The van der Waals surface area contributed by atoms with Crippen LogP contribution in [0.25, 0.3) is 0 Å². The zero-order valence-corrected chi connectivity index (χ0v) is 11.5. The fraction of sp³-hybridized carbons (Fsp3) is 0.533. The summed E-state index contributed by atoms with van der Waals surface area (Å²) in [6, 6.07) is 7.78. The van der Waals surface area contributed by atoms with Gasteiger partial charge in [0.2, 0.25) is 0 Å². The third-order valence-electron chi connectivity index (χ3n) is 3.74. The summed E-state index contributed by atoms with van der Waals surface area (Å²) in [4.78, 5) is 14.5. The Kier molecular flexibility index (Phi) is 3.60. The molecular weight excluding hydrogens is 224 g/mol. The average molecular weight is 246 g/mol. The van der Waals surface area contributed by atoms with E-state index in [1.807, 2.05) is 36.1 Å². The SMILES string of the molecule is CCCCC1(C)Nc2ccccc2C(=O)N1CC. The van der Waals surface area contributed by atoms with Crippen LogP contribution in [0.4, 0.5) is 5.69 Å². The van der Waals surface area contributed by atoms with Gasteiger partial charge in [0.25, 0.3) is 5.91 Å². The molecule has 1 aliphatic heterocycles. The molecule has 0 radical (unpaired) electrons. The predicted octanol–water partition coefficient (Wildman–Crippen LogP) is 3.48. The van der Waals surface area contributed by atoms with E-state index in [-0.39, 0.29) is 11.6 Å². The first-order chi connectivity index (χ1) is 8.62. The topological polar surface area (TPSA) is 32.3 Å². The summed E-state index contributed by atoms with van der Waals surface area (Å²) < 4.78 is 0. The molecule has 0 saturated heterocycles. The number of anilines is 1. The minimum absolute atomic E-state index is 0.144. The van der Waals surface area contributed by atoms with E-state index in [0.717, 1.165) is 37.1 Å². The van der Waals surface area contributed by atoms with Crippen molar-refractivity contribution in [2.24, 2.45) is 0 Å². The van der Waals surface area contributed by atoms with Crippen molar-refractivity contribution in [2.45, 2.75) is 45.7 Å². The van der Waals surface area contributed by atoms with Crippen molar-refractivity contribution in [2.75, 3.05) is 11.9 Å². The van der Waals surface area contributed by atoms with Crippen LogP contribution in [0.3, 0.4) is 0 Å². The van der Waals surface area contributed by atoms with E-state index in [1.54, 1.807) is 0 Å². The molecule has 1 heterocycles.